The van der Waals surface area contributed by atoms with E-state index in [2.05, 4.69) is 5.10 Å². The lowest BCUT2D eigenvalue weighted by atomic mass is 10.1. The van der Waals surface area contributed by atoms with Crippen LogP contribution in [0.15, 0.2) is 42.7 Å². The molecule has 1 aliphatic heterocycles. The van der Waals surface area contributed by atoms with Crippen LogP contribution in [0.25, 0.3) is 0 Å². The lowest BCUT2D eigenvalue weighted by Crippen LogP contribution is -2.47. The highest BCUT2D eigenvalue weighted by molar-refractivity contribution is 5.99. The molecule has 1 unspecified atom stereocenters. The molecular formula is C15H20Cl2N4O2. The Hall–Kier alpha value is -1.76. The van der Waals surface area contributed by atoms with Crippen molar-refractivity contribution in [1.82, 2.24) is 14.7 Å². The Morgan fingerprint density at radius 2 is 2.09 bits per heavy atom. The van der Waals surface area contributed by atoms with Gasteiger partial charge < -0.3 is 15.4 Å². The van der Waals surface area contributed by atoms with Gasteiger partial charge in [-0.05, 0) is 18.2 Å². The summed E-state index contributed by atoms with van der Waals surface area (Å²) in [7, 11) is 0. The van der Waals surface area contributed by atoms with E-state index in [1.165, 1.54) is 0 Å². The second kappa shape index (κ2) is 8.76. The summed E-state index contributed by atoms with van der Waals surface area (Å²) in [4.78, 5) is 14.3. The third-order valence-corrected chi connectivity index (χ3v) is 3.57. The smallest absolute Gasteiger partial charge is 0.256 e. The van der Waals surface area contributed by atoms with E-state index in [9.17, 15) is 4.79 Å². The van der Waals surface area contributed by atoms with Crippen LogP contribution in [0.3, 0.4) is 0 Å². The number of amides is 1. The van der Waals surface area contributed by atoms with Crippen LogP contribution in [-0.2, 0) is 11.3 Å². The standard InChI is InChI=1S/C15H18N4O2.2ClH/c16-14-5-2-1-4-13(14)15(20)18-8-9-21-12(10-18)11-19-7-3-6-17-19;;/h1-7,12H,8-11,16H2;2*1H. The number of benzene rings is 1. The average molecular weight is 359 g/mol. The molecule has 0 bridgehead atoms. The molecule has 1 fully saturated rings. The lowest BCUT2D eigenvalue weighted by molar-refractivity contribution is -0.0299. The molecule has 2 aromatic rings. The summed E-state index contributed by atoms with van der Waals surface area (Å²) in [6.07, 6.45) is 3.57. The molecule has 0 radical (unpaired) electrons. The average Bonchev–Trinajstić information content (AvgIpc) is 3.00. The number of hydrogen-bond donors (Lipinski definition) is 1. The van der Waals surface area contributed by atoms with Crippen LogP contribution < -0.4 is 5.73 Å². The zero-order valence-electron chi connectivity index (χ0n) is 12.5. The summed E-state index contributed by atoms with van der Waals surface area (Å²) < 4.78 is 7.53. The number of ether oxygens (including phenoxy) is 1. The van der Waals surface area contributed by atoms with E-state index in [0.717, 1.165) is 0 Å². The van der Waals surface area contributed by atoms with Crippen LogP contribution in [-0.4, -0.2) is 46.4 Å². The first kappa shape index (κ1) is 19.3. The predicted octanol–water partition coefficient (Wildman–Crippen LogP) is 1.85. The molecule has 0 aliphatic carbocycles. The van der Waals surface area contributed by atoms with Crippen molar-refractivity contribution in [2.45, 2.75) is 12.6 Å². The number of aromatic nitrogens is 2. The van der Waals surface area contributed by atoms with E-state index in [-0.39, 0.29) is 36.8 Å². The van der Waals surface area contributed by atoms with Gasteiger partial charge in [0, 0.05) is 31.2 Å². The van der Waals surface area contributed by atoms with Gasteiger partial charge in [-0.25, -0.2) is 0 Å². The summed E-state index contributed by atoms with van der Waals surface area (Å²) >= 11 is 0. The van der Waals surface area contributed by atoms with Crippen LogP contribution in [0.1, 0.15) is 10.4 Å². The molecule has 0 saturated carbocycles. The number of anilines is 1. The van der Waals surface area contributed by atoms with Gasteiger partial charge in [-0.15, -0.1) is 24.8 Å². The molecule has 1 aliphatic rings. The molecule has 6 nitrogen and oxygen atoms in total. The molecule has 126 valence electrons. The summed E-state index contributed by atoms with van der Waals surface area (Å²) in [6.45, 7) is 2.31. The number of hydrogen-bond acceptors (Lipinski definition) is 4. The molecule has 23 heavy (non-hydrogen) atoms. The van der Waals surface area contributed by atoms with Gasteiger partial charge in [-0.1, -0.05) is 12.1 Å². The minimum absolute atomic E-state index is 0. The molecule has 8 heteroatoms. The zero-order chi connectivity index (χ0) is 14.7. The Morgan fingerprint density at radius 3 is 2.78 bits per heavy atom. The topological polar surface area (TPSA) is 73.4 Å². The maximum Gasteiger partial charge on any atom is 0.256 e. The summed E-state index contributed by atoms with van der Waals surface area (Å²) in [5, 5.41) is 4.17. The van der Waals surface area contributed by atoms with Gasteiger partial charge in [0.2, 0.25) is 0 Å². The van der Waals surface area contributed by atoms with Crippen molar-refractivity contribution < 1.29 is 9.53 Å². The Morgan fingerprint density at radius 1 is 1.30 bits per heavy atom. The second-order valence-corrected chi connectivity index (χ2v) is 5.06. The number of carbonyl (C=O) groups is 1. The number of morpholine rings is 1. The normalized spacial score (nSPS) is 17.0. The van der Waals surface area contributed by atoms with Crippen LogP contribution in [0.2, 0.25) is 0 Å². The number of nitrogens with zero attached hydrogens (tertiary/aromatic N) is 3. The lowest BCUT2D eigenvalue weighted by Gasteiger charge is -2.33. The van der Waals surface area contributed by atoms with Gasteiger partial charge in [0.05, 0.1) is 24.8 Å². The molecule has 0 spiro atoms. The molecule has 2 heterocycles. The molecule has 1 saturated heterocycles. The van der Waals surface area contributed by atoms with Crippen molar-refractivity contribution in [3.63, 3.8) is 0 Å². The van der Waals surface area contributed by atoms with Gasteiger partial charge in [0.1, 0.15) is 0 Å². The molecule has 1 atom stereocenters. The Balaban J connectivity index is 0.00000132. The van der Waals surface area contributed by atoms with E-state index in [4.69, 9.17) is 10.5 Å². The first-order valence-corrected chi connectivity index (χ1v) is 6.97. The van der Waals surface area contributed by atoms with Crippen molar-refractivity contribution in [3.05, 3.63) is 48.3 Å². The minimum atomic E-state index is -0.0486. The number of nitrogens with two attached hydrogens (primary N) is 1. The van der Waals surface area contributed by atoms with Crippen molar-refractivity contribution >= 4 is 36.4 Å². The Kier molecular flexibility index (Phi) is 7.35. The highest BCUT2D eigenvalue weighted by Crippen LogP contribution is 2.16. The van der Waals surface area contributed by atoms with Crippen LogP contribution >= 0.6 is 24.8 Å². The maximum absolute atomic E-state index is 12.5. The number of carbonyl (C=O) groups excluding carboxylic acids is 1. The molecular weight excluding hydrogens is 339 g/mol. The van der Waals surface area contributed by atoms with Gasteiger partial charge in [-0.2, -0.15) is 5.10 Å². The van der Waals surface area contributed by atoms with Crippen LogP contribution in [0, 0.1) is 0 Å². The highest BCUT2D eigenvalue weighted by atomic mass is 35.5. The van der Waals surface area contributed by atoms with Crippen LogP contribution in [0.4, 0.5) is 5.69 Å². The fourth-order valence-electron chi connectivity index (χ4n) is 2.49. The molecule has 1 aromatic carbocycles. The monoisotopic (exact) mass is 358 g/mol. The van der Waals surface area contributed by atoms with Crippen molar-refractivity contribution in [3.8, 4) is 0 Å². The van der Waals surface area contributed by atoms with Gasteiger partial charge in [0.25, 0.3) is 5.91 Å². The Bertz CT molecular complexity index is 622. The summed E-state index contributed by atoms with van der Waals surface area (Å²) in [5.74, 6) is -0.0399. The number of para-hydroxylation sites is 1. The van der Waals surface area contributed by atoms with Gasteiger partial charge >= 0.3 is 0 Å². The zero-order valence-corrected chi connectivity index (χ0v) is 14.1. The maximum atomic E-state index is 12.5. The van der Waals surface area contributed by atoms with Crippen molar-refractivity contribution in [2.24, 2.45) is 0 Å². The summed E-state index contributed by atoms with van der Waals surface area (Å²) in [5.41, 5.74) is 6.94. The molecule has 3 rings (SSSR count). The van der Waals surface area contributed by atoms with E-state index in [0.29, 0.717) is 37.5 Å². The Labute approximate surface area is 147 Å². The van der Waals surface area contributed by atoms with E-state index in [1.54, 1.807) is 23.2 Å². The second-order valence-electron chi connectivity index (χ2n) is 5.06. The van der Waals surface area contributed by atoms with E-state index in [1.807, 2.05) is 29.1 Å². The third-order valence-electron chi connectivity index (χ3n) is 3.57. The van der Waals surface area contributed by atoms with E-state index >= 15 is 0 Å². The van der Waals surface area contributed by atoms with Gasteiger partial charge in [0.15, 0.2) is 0 Å². The van der Waals surface area contributed by atoms with Crippen LogP contribution in [0.5, 0.6) is 0 Å². The minimum Gasteiger partial charge on any atom is -0.398 e. The first-order chi connectivity index (χ1) is 10.2. The molecule has 1 aromatic heterocycles. The first-order valence-electron chi connectivity index (χ1n) is 6.97. The third kappa shape index (κ3) is 4.60. The number of halogens is 2. The molecule has 2 N–H and O–H groups in total. The number of nitrogen functional groups attached to an aromatic ring is 1. The SMILES string of the molecule is Cl.Cl.Nc1ccccc1C(=O)N1CCOC(Cn2cccn2)C1. The quantitative estimate of drug-likeness (QED) is 0.849. The number of rotatable bonds is 3. The highest BCUT2D eigenvalue weighted by Gasteiger charge is 2.26. The largest absolute Gasteiger partial charge is 0.398 e. The predicted molar refractivity (Wildman–Crippen MR) is 93.2 cm³/mol. The van der Waals surface area contributed by atoms with E-state index < -0.39 is 0 Å². The van der Waals surface area contributed by atoms with Crippen molar-refractivity contribution in [2.75, 3.05) is 25.4 Å². The summed E-state index contributed by atoms with van der Waals surface area (Å²) in [6, 6.07) is 9.03. The molecule has 1 amide bonds. The van der Waals surface area contributed by atoms with Gasteiger partial charge in [-0.3, -0.25) is 9.48 Å². The fourth-order valence-corrected chi connectivity index (χ4v) is 2.49. The fraction of sp³-hybridized carbons (Fsp3) is 0.333. The van der Waals surface area contributed by atoms with Crippen molar-refractivity contribution in [1.29, 1.82) is 0 Å².